The maximum Gasteiger partial charge on any atom is 0.261 e. The van der Waals surface area contributed by atoms with Gasteiger partial charge in [0.25, 0.3) is 10.0 Å². The Hall–Kier alpha value is -3.08. The lowest BCUT2D eigenvalue weighted by molar-refractivity contribution is -0.117. The Balaban J connectivity index is 1.24. The standard InChI is InChI=1S/C21H16ClN5O3S2/c22-17-10-24-11-18-19(17)25-21(31-18)26-20(28)16-8-15(16)12-3-5-14(6-4-12)32(29,30)27-13-2-1-7-23-9-13/h1-7,9-11,15-16,27H,8H2,(H,25,26,28). The van der Waals surface area contributed by atoms with Crippen molar-refractivity contribution in [2.24, 2.45) is 5.92 Å². The van der Waals surface area contributed by atoms with Crippen molar-refractivity contribution < 1.29 is 13.2 Å². The van der Waals surface area contributed by atoms with Crippen LogP contribution in [0.2, 0.25) is 5.02 Å². The summed E-state index contributed by atoms with van der Waals surface area (Å²) in [4.78, 5) is 25.1. The number of hydrogen-bond acceptors (Lipinski definition) is 7. The van der Waals surface area contributed by atoms with Gasteiger partial charge in [-0.1, -0.05) is 35.1 Å². The average Bonchev–Trinajstić information content (AvgIpc) is 3.48. The average molecular weight is 486 g/mol. The molecule has 3 aromatic heterocycles. The number of rotatable bonds is 6. The Bertz CT molecular complexity index is 1410. The van der Waals surface area contributed by atoms with Crippen LogP contribution in [0.25, 0.3) is 10.2 Å². The highest BCUT2D eigenvalue weighted by Crippen LogP contribution is 2.48. The topological polar surface area (TPSA) is 114 Å². The molecule has 1 amide bonds. The molecule has 1 aliphatic rings. The number of hydrogen-bond donors (Lipinski definition) is 2. The molecule has 11 heteroatoms. The molecule has 0 saturated heterocycles. The molecular formula is C21H16ClN5O3S2. The summed E-state index contributed by atoms with van der Waals surface area (Å²) in [5.41, 5.74) is 1.93. The number of nitrogens with one attached hydrogen (secondary N) is 2. The van der Waals surface area contributed by atoms with Crippen LogP contribution >= 0.6 is 22.9 Å². The van der Waals surface area contributed by atoms with Crippen LogP contribution in [0.4, 0.5) is 10.8 Å². The molecule has 0 radical (unpaired) electrons. The number of fused-ring (bicyclic) bond motifs is 1. The van der Waals surface area contributed by atoms with Gasteiger partial charge in [-0.05, 0) is 42.2 Å². The fraction of sp³-hybridized carbons (Fsp3) is 0.143. The molecule has 3 heterocycles. The summed E-state index contributed by atoms with van der Waals surface area (Å²) >= 11 is 7.41. The maximum atomic E-state index is 12.6. The van der Waals surface area contributed by atoms with Crippen molar-refractivity contribution in [2.45, 2.75) is 17.2 Å². The molecule has 0 spiro atoms. The zero-order valence-corrected chi connectivity index (χ0v) is 18.8. The van der Waals surface area contributed by atoms with Crippen LogP contribution in [-0.2, 0) is 14.8 Å². The van der Waals surface area contributed by atoms with Gasteiger partial charge in [0, 0.05) is 24.5 Å². The lowest BCUT2D eigenvalue weighted by Crippen LogP contribution is -2.14. The van der Waals surface area contributed by atoms with E-state index >= 15 is 0 Å². The molecule has 4 aromatic rings. The Labute approximate surface area is 192 Å². The van der Waals surface area contributed by atoms with Crippen LogP contribution < -0.4 is 10.0 Å². The van der Waals surface area contributed by atoms with Crippen LogP contribution in [-0.4, -0.2) is 29.3 Å². The van der Waals surface area contributed by atoms with Gasteiger partial charge in [0.15, 0.2) is 5.13 Å². The Morgan fingerprint density at radius 2 is 1.91 bits per heavy atom. The van der Waals surface area contributed by atoms with Crippen LogP contribution in [0.5, 0.6) is 0 Å². The highest BCUT2D eigenvalue weighted by molar-refractivity contribution is 7.92. The minimum absolute atomic E-state index is 0.0395. The van der Waals surface area contributed by atoms with Crippen molar-refractivity contribution in [3.8, 4) is 0 Å². The van der Waals surface area contributed by atoms with E-state index in [0.29, 0.717) is 27.8 Å². The molecule has 32 heavy (non-hydrogen) atoms. The van der Waals surface area contributed by atoms with Gasteiger partial charge >= 0.3 is 0 Å². The van der Waals surface area contributed by atoms with Crippen molar-refractivity contribution in [3.63, 3.8) is 0 Å². The van der Waals surface area contributed by atoms with Gasteiger partial charge in [-0.15, -0.1) is 0 Å². The van der Waals surface area contributed by atoms with Gasteiger partial charge in [-0.2, -0.15) is 0 Å². The van der Waals surface area contributed by atoms with Crippen molar-refractivity contribution in [1.29, 1.82) is 0 Å². The first-order valence-electron chi connectivity index (χ1n) is 9.64. The second-order valence-electron chi connectivity index (χ2n) is 7.34. The number of carbonyl (C=O) groups is 1. The van der Waals surface area contributed by atoms with E-state index in [1.807, 2.05) is 0 Å². The third-order valence-electron chi connectivity index (χ3n) is 5.15. The summed E-state index contributed by atoms with van der Waals surface area (Å²) in [6, 6.07) is 9.87. The fourth-order valence-corrected chi connectivity index (χ4v) is 5.62. The van der Waals surface area contributed by atoms with E-state index in [9.17, 15) is 13.2 Å². The van der Waals surface area contributed by atoms with E-state index in [1.54, 1.807) is 48.8 Å². The van der Waals surface area contributed by atoms with E-state index in [0.717, 1.165) is 10.3 Å². The Morgan fingerprint density at radius 3 is 2.62 bits per heavy atom. The number of amides is 1. The molecular weight excluding hydrogens is 470 g/mol. The Morgan fingerprint density at radius 1 is 1.09 bits per heavy atom. The molecule has 1 saturated carbocycles. The summed E-state index contributed by atoms with van der Waals surface area (Å²) < 4.78 is 28.4. The highest BCUT2D eigenvalue weighted by atomic mass is 35.5. The third kappa shape index (κ3) is 4.16. The van der Waals surface area contributed by atoms with Crippen molar-refractivity contribution in [2.75, 3.05) is 10.0 Å². The van der Waals surface area contributed by atoms with Crippen LogP contribution in [0.3, 0.4) is 0 Å². The largest absolute Gasteiger partial charge is 0.302 e. The summed E-state index contributed by atoms with van der Waals surface area (Å²) in [5, 5.41) is 3.77. The fourth-order valence-electron chi connectivity index (χ4n) is 3.46. The number of anilines is 2. The summed E-state index contributed by atoms with van der Waals surface area (Å²) in [6.45, 7) is 0. The number of carbonyl (C=O) groups excluding carboxylic acids is 1. The van der Waals surface area contributed by atoms with Gasteiger partial charge in [-0.25, -0.2) is 13.4 Å². The number of nitrogens with zero attached hydrogens (tertiary/aromatic N) is 3. The third-order valence-corrected chi connectivity index (χ3v) is 7.73. The zero-order chi connectivity index (χ0) is 22.3. The van der Waals surface area contributed by atoms with Crippen molar-refractivity contribution >= 4 is 59.9 Å². The quantitative estimate of drug-likeness (QED) is 0.421. The molecule has 0 bridgehead atoms. The zero-order valence-electron chi connectivity index (χ0n) is 16.4. The molecule has 1 aromatic carbocycles. The number of benzene rings is 1. The van der Waals surface area contributed by atoms with Crippen LogP contribution in [0.15, 0.2) is 66.1 Å². The van der Waals surface area contributed by atoms with Gasteiger partial charge in [0.1, 0.15) is 5.52 Å². The minimum atomic E-state index is -3.71. The SMILES string of the molecule is O=C(Nc1nc2c(Cl)cncc2s1)C1CC1c1ccc(S(=O)(=O)Nc2cccnc2)cc1. The van der Waals surface area contributed by atoms with Gasteiger partial charge in [0.05, 0.1) is 26.5 Å². The molecule has 2 atom stereocenters. The van der Waals surface area contributed by atoms with Crippen molar-refractivity contribution in [3.05, 3.63) is 71.8 Å². The molecule has 1 aliphatic carbocycles. The number of aromatic nitrogens is 3. The number of sulfonamides is 1. The van der Waals surface area contributed by atoms with E-state index in [2.05, 4.69) is 25.0 Å². The van der Waals surface area contributed by atoms with Gasteiger partial charge in [0.2, 0.25) is 5.91 Å². The van der Waals surface area contributed by atoms with E-state index in [-0.39, 0.29) is 22.6 Å². The second-order valence-corrected chi connectivity index (χ2v) is 10.5. The lowest BCUT2D eigenvalue weighted by atomic mass is 10.1. The minimum Gasteiger partial charge on any atom is -0.302 e. The first kappa shape index (κ1) is 20.8. The molecule has 2 unspecified atom stereocenters. The normalized spacial score (nSPS) is 17.8. The van der Waals surface area contributed by atoms with E-state index < -0.39 is 10.0 Å². The van der Waals surface area contributed by atoms with E-state index in [4.69, 9.17) is 11.6 Å². The van der Waals surface area contributed by atoms with Gasteiger partial charge < -0.3 is 5.32 Å². The van der Waals surface area contributed by atoms with Crippen LogP contribution in [0, 0.1) is 5.92 Å². The van der Waals surface area contributed by atoms with E-state index in [1.165, 1.54) is 23.7 Å². The van der Waals surface area contributed by atoms with Gasteiger partial charge in [-0.3, -0.25) is 19.5 Å². The number of thiazole rings is 1. The number of pyridine rings is 2. The Kier molecular flexibility index (Phi) is 5.28. The summed E-state index contributed by atoms with van der Waals surface area (Å²) in [5.74, 6) is -0.266. The molecule has 8 nitrogen and oxygen atoms in total. The maximum absolute atomic E-state index is 12.6. The molecule has 0 aliphatic heterocycles. The summed E-state index contributed by atoms with van der Waals surface area (Å²) in [6.07, 6.45) is 6.88. The highest BCUT2D eigenvalue weighted by Gasteiger charge is 2.44. The monoisotopic (exact) mass is 485 g/mol. The smallest absolute Gasteiger partial charge is 0.261 e. The molecule has 1 fully saturated rings. The predicted octanol–water partition coefficient (Wildman–Crippen LogP) is 4.28. The first-order valence-corrected chi connectivity index (χ1v) is 12.3. The predicted molar refractivity (Wildman–Crippen MR) is 123 cm³/mol. The molecule has 162 valence electrons. The van der Waals surface area contributed by atoms with Crippen LogP contribution in [0.1, 0.15) is 17.9 Å². The second kappa shape index (κ2) is 8.12. The number of halogens is 1. The first-order chi connectivity index (χ1) is 15.4. The molecule has 5 rings (SSSR count). The lowest BCUT2D eigenvalue weighted by Gasteiger charge is -2.08. The summed E-state index contributed by atoms with van der Waals surface area (Å²) in [7, 11) is -3.71. The molecule has 2 N–H and O–H groups in total. The van der Waals surface area contributed by atoms with Crippen molar-refractivity contribution in [1.82, 2.24) is 15.0 Å².